The van der Waals surface area contributed by atoms with E-state index in [4.69, 9.17) is 4.74 Å². The van der Waals surface area contributed by atoms with E-state index in [1.54, 1.807) is 0 Å². The summed E-state index contributed by atoms with van der Waals surface area (Å²) in [6.07, 6.45) is 1.08. The minimum atomic E-state index is -0.139. The van der Waals surface area contributed by atoms with Crippen molar-refractivity contribution >= 4 is 5.69 Å². The van der Waals surface area contributed by atoms with Gasteiger partial charge in [-0.2, -0.15) is 5.26 Å². The lowest BCUT2D eigenvalue weighted by molar-refractivity contribution is 0.0266. The Kier molecular flexibility index (Phi) is 3.41. The summed E-state index contributed by atoms with van der Waals surface area (Å²) >= 11 is 0. The van der Waals surface area contributed by atoms with Gasteiger partial charge in [0.25, 0.3) is 0 Å². The number of fused-ring (bicyclic) bond motifs is 1. The van der Waals surface area contributed by atoms with Crippen LogP contribution in [0.4, 0.5) is 5.69 Å². The molecule has 1 atom stereocenters. The molecule has 0 aromatic heterocycles. The van der Waals surface area contributed by atoms with Crippen LogP contribution in [0, 0.1) is 11.3 Å². The topological polar surface area (TPSA) is 39.5 Å². The monoisotopic (exact) mass is 257 g/mol. The van der Waals surface area contributed by atoms with Gasteiger partial charge in [-0.15, -0.1) is 0 Å². The maximum atomic E-state index is 9.49. The number of anilines is 1. The Morgan fingerprint density at radius 3 is 2.79 bits per heavy atom. The standard InChI is InChI=1S/C15H19N3O/c1-17-5-4-13-10-12(2-3-14(13)17)15(11-16)18-6-8-19-9-7-18/h2-3,10,15H,4-9H2,1H3. The average Bonchev–Trinajstić information content (AvgIpc) is 2.82. The number of benzene rings is 1. The lowest BCUT2D eigenvalue weighted by atomic mass is 10.0. The molecule has 0 spiro atoms. The summed E-state index contributed by atoms with van der Waals surface area (Å²) in [6.45, 7) is 4.22. The molecule has 1 aromatic rings. The van der Waals surface area contributed by atoms with Gasteiger partial charge >= 0.3 is 0 Å². The van der Waals surface area contributed by atoms with E-state index < -0.39 is 0 Å². The first kappa shape index (κ1) is 12.5. The molecule has 1 unspecified atom stereocenters. The van der Waals surface area contributed by atoms with Crippen molar-refractivity contribution in [3.8, 4) is 6.07 Å². The number of likely N-dealkylation sites (N-methyl/N-ethyl adjacent to an activating group) is 1. The third-order valence-corrected chi connectivity index (χ3v) is 4.08. The number of nitrogens with zero attached hydrogens (tertiary/aromatic N) is 3. The summed E-state index contributed by atoms with van der Waals surface area (Å²) in [5, 5.41) is 9.49. The number of rotatable bonds is 2. The van der Waals surface area contributed by atoms with Crippen LogP contribution in [-0.2, 0) is 11.2 Å². The molecule has 4 nitrogen and oxygen atoms in total. The largest absolute Gasteiger partial charge is 0.379 e. The van der Waals surface area contributed by atoms with Gasteiger partial charge in [0.2, 0.25) is 0 Å². The summed E-state index contributed by atoms with van der Waals surface area (Å²) in [7, 11) is 2.12. The van der Waals surface area contributed by atoms with E-state index in [-0.39, 0.29) is 6.04 Å². The summed E-state index contributed by atoms with van der Waals surface area (Å²) in [5.41, 5.74) is 3.80. The van der Waals surface area contributed by atoms with Crippen molar-refractivity contribution in [2.75, 3.05) is 44.8 Å². The minimum absolute atomic E-state index is 0.139. The van der Waals surface area contributed by atoms with Crippen LogP contribution < -0.4 is 4.90 Å². The van der Waals surface area contributed by atoms with E-state index in [1.165, 1.54) is 11.3 Å². The molecule has 0 saturated carbocycles. The number of hydrogen-bond donors (Lipinski definition) is 0. The van der Waals surface area contributed by atoms with Crippen LogP contribution in [0.25, 0.3) is 0 Å². The van der Waals surface area contributed by atoms with E-state index in [1.807, 2.05) is 0 Å². The molecular weight excluding hydrogens is 238 g/mol. The molecule has 0 bridgehead atoms. The van der Waals surface area contributed by atoms with Crippen molar-refractivity contribution in [2.24, 2.45) is 0 Å². The molecule has 0 radical (unpaired) electrons. The smallest absolute Gasteiger partial charge is 0.124 e. The van der Waals surface area contributed by atoms with Crippen LogP contribution in [-0.4, -0.2) is 44.8 Å². The Morgan fingerprint density at radius 1 is 1.26 bits per heavy atom. The van der Waals surface area contributed by atoms with Gasteiger partial charge in [0.15, 0.2) is 0 Å². The molecular formula is C15H19N3O. The Bertz CT molecular complexity index is 503. The molecule has 19 heavy (non-hydrogen) atoms. The van der Waals surface area contributed by atoms with Gasteiger partial charge in [0, 0.05) is 32.4 Å². The van der Waals surface area contributed by atoms with Crippen molar-refractivity contribution in [3.63, 3.8) is 0 Å². The summed E-state index contributed by atoms with van der Waals surface area (Å²) in [6, 6.07) is 8.78. The Hall–Kier alpha value is -1.57. The number of nitriles is 1. The number of morpholine rings is 1. The summed E-state index contributed by atoms with van der Waals surface area (Å²) in [5.74, 6) is 0. The highest BCUT2D eigenvalue weighted by Crippen LogP contribution is 2.31. The van der Waals surface area contributed by atoms with Crippen LogP contribution >= 0.6 is 0 Å². The van der Waals surface area contributed by atoms with Gasteiger partial charge in [-0.1, -0.05) is 12.1 Å². The molecule has 1 aromatic carbocycles. The van der Waals surface area contributed by atoms with Gasteiger partial charge in [0.1, 0.15) is 6.04 Å². The maximum absolute atomic E-state index is 9.49. The molecule has 0 N–H and O–H groups in total. The second-order valence-electron chi connectivity index (χ2n) is 5.24. The normalized spacial score (nSPS) is 20.9. The quantitative estimate of drug-likeness (QED) is 0.806. The zero-order chi connectivity index (χ0) is 13.2. The van der Waals surface area contributed by atoms with E-state index in [0.29, 0.717) is 0 Å². The lowest BCUT2D eigenvalue weighted by Gasteiger charge is -2.30. The lowest BCUT2D eigenvalue weighted by Crippen LogP contribution is -2.38. The Morgan fingerprint density at radius 2 is 2.05 bits per heavy atom. The summed E-state index contributed by atoms with van der Waals surface area (Å²) < 4.78 is 5.36. The van der Waals surface area contributed by atoms with E-state index >= 15 is 0 Å². The second kappa shape index (κ2) is 5.20. The predicted molar refractivity (Wildman–Crippen MR) is 74.2 cm³/mol. The zero-order valence-electron chi connectivity index (χ0n) is 11.3. The maximum Gasteiger partial charge on any atom is 0.124 e. The Labute approximate surface area is 114 Å². The highest BCUT2D eigenvalue weighted by molar-refractivity contribution is 5.59. The van der Waals surface area contributed by atoms with Gasteiger partial charge in [-0.3, -0.25) is 4.90 Å². The average molecular weight is 257 g/mol. The third kappa shape index (κ3) is 2.32. The molecule has 0 aliphatic carbocycles. The van der Waals surface area contributed by atoms with E-state index in [2.05, 4.69) is 41.1 Å². The molecule has 4 heteroatoms. The Balaban J connectivity index is 1.86. The van der Waals surface area contributed by atoms with Crippen LogP contribution in [0.15, 0.2) is 18.2 Å². The molecule has 1 fully saturated rings. The molecule has 3 rings (SSSR count). The van der Waals surface area contributed by atoms with Crippen molar-refractivity contribution in [2.45, 2.75) is 12.5 Å². The predicted octanol–water partition coefficient (Wildman–Crippen LogP) is 1.58. The van der Waals surface area contributed by atoms with E-state index in [9.17, 15) is 5.26 Å². The minimum Gasteiger partial charge on any atom is -0.379 e. The highest BCUT2D eigenvalue weighted by Gasteiger charge is 2.24. The van der Waals surface area contributed by atoms with Crippen molar-refractivity contribution in [1.29, 1.82) is 5.26 Å². The van der Waals surface area contributed by atoms with Gasteiger partial charge in [-0.05, 0) is 23.6 Å². The van der Waals surface area contributed by atoms with Crippen LogP contribution in [0.3, 0.4) is 0 Å². The number of ether oxygens (including phenoxy) is 1. The van der Waals surface area contributed by atoms with Crippen LogP contribution in [0.2, 0.25) is 0 Å². The molecule has 100 valence electrons. The zero-order valence-corrected chi connectivity index (χ0v) is 11.3. The van der Waals surface area contributed by atoms with Crippen LogP contribution in [0.1, 0.15) is 17.2 Å². The molecule has 2 aliphatic rings. The van der Waals surface area contributed by atoms with E-state index in [0.717, 1.165) is 44.8 Å². The fourth-order valence-corrected chi connectivity index (χ4v) is 2.96. The fraction of sp³-hybridized carbons (Fsp3) is 0.533. The number of hydrogen-bond acceptors (Lipinski definition) is 4. The second-order valence-corrected chi connectivity index (χ2v) is 5.24. The molecule has 1 saturated heterocycles. The van der Waals surface area contributed by atoms with Gasteiger partial charge in [0.05, 0.1) is 19.3 Å². The van der Waals surface area contributed by atoms with Crippen LogP contribution in [0.5, 0.6) is 0 Å². The molecule has 2 heterocycles. The third-order valence-electron chi connectivity index (χ3n) is 4.08. The van der Waals surface area contributed by atoms with Gasteiger partial charge < -0.3 is 9.64 Å². The SMILES string of the molecule is CN1CCc2cc(C(C#N)N3CCOCC3)ccc21. The van der Waals surface area contributed by atoms with Crippen molar-refractivity contribution in [1.82, 2.24) is 4.90 Å². The first-order valence-electron chi connectivity index (χ1n) is 6.85. The molecule has 2 aliphatic heterocycles. The fourth-order valence-electron chi connectivity index (χ4n) is 2.96. The van der Waals surface area contributed by atoms with Crippen molar-refractivity contribution < 1.29 is 4.74 Å². The first-order chi connectivity index (χ1) is 9.29. The summed E-state index contributed by atoms with van der Waals surface area (Å²) in [4.78, 5) is 4.49. The first-order valence-corrected chi connectivity index (χ1v) is 6.85. The molecule has 0 amide bonds. The highest BCUT2D eigenvalue weighted by atomic mass is 16.5. The van der Waals surface area contributed by atoms with Gasteiger partial charge in [-0.25, -0.2) is 0 Å². The van der Waals surface area contributed by atoms with Crippen molar-refractivity contribution in [3.05, 3.63) is 29.3 Å².